The molecule has 1 aromatic rings. The van der Waals surface area contributed by atoms with Gasteiger partial charge in [-0.25, -0.2) is 0 Å². The number of alkyl halides is 1. The molecule has 2 N–H and O–H groups in total. The van der Waals surface area contributed by atoms with Crippen molar-refractivity contribution in [1.82, 2.24) is 10.2 Å². The summed E-state index contributed by atoms with van der Waals surface area (Å²) < 4.78 is 0. The topological polar surface area (TPSA) is 52.6 Å². The summed E-state index contributed by atoms with van der Waals surface area (Å²) in [4.78, 5) is 14.1. The number of halogens is 1. The maximum Gasteiger partial charge on any atom is 0.242 e. The monoisotopic (exact) mass is 298 g/mol. The van der Waals surface area contributed by atoms with E-state index in [0.29, 0.717) is 13.1 Å². The summed E-state index contributed by atoms with van der Waals surface area (Å²) in [5.74, 6) is -0.190. The normalized spacial score (nSPS) is 14.1. The third-order valence-corrected chi connectivity index (χ3v) is 3.76. The lowest BCUT2D eigenvalue weighted by molar-refractivity contribution is -0.121. The number of hydrogen-bond donors (Lipinski definition) is 2. The van der Waals surface area contributed by atoms with Crippen molar-refractivity contribution in [2.45, 2.75) is 25.3 Å². The van der Waals surface area contributed by atoms with Gasteiger partial charge in [0.2, 0.25) is 5.91 Å². The van der Waals surface area contributed by atoms with Crippen LogP contribution in [0.5, 0.6) is 0 Å². The fraction of sp³-hybridized carbons (Fsp3) is 0.533. The Labute approximate surface area is 125 Å². The fourth-order valence-electron chi connectivity index (χ4n) is 2.06. The van der Waals surface area contributed by atoms with E-state index < -0.39 is 5.38 Å². The third-order valence-electron chi connectivity index (χ3n) is 3.31. The molecule has 0 aliphatic heterocycles. The molecule has 0 heterocycles. The number of likely N-dealkylation sites (N-methyl/N-ethyl adjacent to an activating group) is 1. The number of nitrogens with one attached hydrogen (secondary N) is 1. The van der Waals surface area contributed by atoms with Crippen molar-refractivity contribution in [3.8, 4) is 0 Å². The number of rotatable bonds is 8. The molecular formula is C15H23ClN2O2. The maximum absolute atomic E-state index is 12.0. The number of amides is 1. The Morgan fingerprint density at radius 1 is 1.40 bits per heavy atom. The van der Waals surface area contributed by atoms with Crippen LogP contribution >= 0.6 is 11.6 Å². The van der Waals surface area contributed by atoms with E-state index in [4.69, 9.17) is 16.7 Å². The van der Waals surface area contributed by atoms with Gasteiger partial charge in [0, 0.05) is 19.1 Å². The zero-order valence-corrected chi connectivity index (χ0v) is 12.8. The first-order chi connectivity index (χ1) is 9.60. The zero-order valence-electron chi connectivity index (χ0n) is 12.1. The van der Waals surface area contributed by atoms with E-state index in [1.54, 1.807) is 0 Å². The smallest absolute Gasteiger partial charge is 0.242 e. The number of hydrogen-bond acceptors (Lipinski definition) is 3. The molecule has 0 fully saturated rings. The predicted molar refractivity (Wildman–Crippen MR) is 81.8 cm³/mol. The van der Waals surface area contributed by atoms with Crippen LogP contribution in [0.25, 0.3) is 0 Å². The van der Waals surface area contributed by atoms with E-state index in [-0.39, 0.29) is 18.6 Å². The second-order valence-electron chi connectivity index (χ2n) is 4.72. The second kappa shape index (κ2) is 8.95. The van der Waals surface area contributed by atoms with Crippen LogP contribution in [0.4, 0.5) is 0 Å². The third kappa shape index (κ3) is 5.12. The van der Waals surface area contributed by atoms with Crippen LogP contribution in [0, 0.1) is 0 Å². The molecule has 1 aromatic carbocycles. The summed E-state index contributed by atoms with van der Waals surface area (Å²) in [6.07, 6.45) is 0. The number of benzene rings is 1. The van der Waals surface area contributed by atoms with Gasteiger partial charge in [-0.1, -0.05) is 37.3 Å². The van der Waals surface area contributed by atoms with E-state index in [0.717, 1.165) is 12.1 Å². The van der Waals surface area contributed by atoms with Crippen LogP contribution in [0.1, 0.15) is 24.8 Å². The molecule has 0 saturated carbocycles. The van der Waals surface area contributed by atoms with Gasteiger partial charge in [-0.2, -0.15) is 0 Å². The van der Waals surface area contributed by atoms with Gasteiger partial charge < -0.3 is 10.4 Å². The molecule has 0 aliphatic carbocycles. The minimum Gasteiger partial charge on any atom is -0.395 e. The Balaban J connectivity index is 2.46. The van der Waals surface area contributed by atoms with E-state index >= 15 is 0 Å². The zero-order chi connectivity index (χ0) is 15.0. The van der Waals surface area contributed by atoms with Crippen LogP contribution in [-0.4, -0.2) is 48.2 Å². The minimum absolute atomic E-state index is 0.119. The number of aliphatic hydroxyl groups is 1. The Kier molecular flexibility index (Phi) is 7.59. The summed E-state index contributed by atoms with van der Waals surface area (Å²) in [5.41, 5.74) is 0.794. The Morgan fingerprint density at radius 2 is 2.05 bits per heavy atom. The van der Waals surface area contributed by atoms with E-state index in [1.807, 2.05) is 44.2 Å². The largest absolute Gasteiger partial charge is 0.395 e. The van der Waals surface area contributed by atoms with Crippen molar-refractivity contribution < 1.29 is 9.90 Å². The minimum atomic E-state index is -0.670. The molecule has 1 rings (SSSR count). The predicted octanol–water partition coefficient (Wildman–Crippen LogP) is 1.79. The Hall–Kier alpha value is -1.10. The molecule has 20 heavy (non-hydrogen) atoms. The number of carbonyl (C=O) groups excluding carboxylic acids is 1. The molecule has 0 aliphatic rings. The van der Waals surface area contributed by atoms with Crippen molar-refractivity contribution in [3.63, 3.8) is 0 Å². The maximum atomic E-state index is 12.0. The number of aliphatic hydroxyl groups excluding tert-OH is 1. The van der Waals surface area contributed by atoms with Gasteiger partial charge in [0.25, 0.3) is 0 Å². The molecule has 0 aromatic heterocycles. The summed E-state index contributed by atoms with van der Waals surface area (Å²) >= 11 is 6.15. The number of carbonyl (C=O) groups is 1. The molecule has 2 unspecified atom stereocenters. The van der Waals surface area contributed by atoms with Gasteiger partial charge in [0.15, 0.2) is 0 Å². The summed E-state index contributed by atoms with van der Waals surface area (Å²) in [5, 5.41) is 11.2. The highest BCUT2D eigenvalue weighted by atomic mass is 35.5. The molecule has 0 radical (unpaired) electrons. The van der Waals surface area contributed by atoms with Crippen molar-refractivity contribution in [2.75, 3.05) is 26.2 Å². The van der Waals surface area contributed by atoms with Crippen LogP contribution in [0.15, 0.2) is 30.3 Å². The van der Waals surface area contributed by atoms with Crippen LogP contribution in [0.3, 0.4) is 0 Å². The first-order valence-corrected chi connectivity index (χ1v) is 7.35. The molecular weight excluding hydrogens is 276 g/mol. The SMILES string of the molecule is CCN(CCO)C(C)CNC(=O)C(Cl)c1ccccc1. The van der Waals surface area contributed by atoms with Crippen LogP contribution in [0.2, 0.25) is 0 Å². The van der Waals surface area contributed by atoms with E-state index in [2.05, 4.69) is 10.2 Å². The lowest BCUT2D eigenvalue weighted by Gasteiger charge is -2.27. The highest BCUT2D eigenvalue weighted by molar-refractivity contribution is 6.30. The van der Waals surface area contributed by atoms with Crippen LogP contribution in [-0.2, 0) is 4.79 Å². The lowest BCUT2D eigenvalue weighted by atomic mass is 10.1. The molecule has 1 amide bonds. The fourth-order valence-corrected chi connectivity index (χ4v) is 2.28. The molecule has 5 heteroatoms. The molecule has 112 valence electrons. The van der Waals surface area contributed by atoms with E-state index in [9.17, 15) is 4.79 Å². The Bertz CT molecular complexity index is 400. The summed E-state index contributed by atoms with van der Waals surface area (Å²) in [7, 11) is 0. The van der Waals surface area contributed by atoms with Crippen LogP contribution < -0.4 is 5.32 Å². The van der Waals surface area contributed by atoms with Crippen molar-refractivity contribution in [2.24, 2.45) is 0 Å². The molecule has 2 atom stereocenters. The van der Waals surface area contributed by atoms with Gasteiger partial charge in [0.05, 0.1) is 6.61 Å². The quantitative estimate of drug-likeness (QED) is 0.720. The average molecular weight is 299 g/mol. The first-order valence-electron chi connectivity index (χ1n) is 6.91. The average Bonchev–Trinajstić information content (AvgIpc) is 2.49. The summed E-state index contributed by atoms with van der Waals surface area (Å²) in [6.45, 7) is 6.13. The van der Waals surface area contributed by atoms with Gasteiger partial charge in [-0.15, -0.1) is 11.6 Å². The van der Waals surface area contributed by atoms with E-state index in [1.165, 1.54) is 0 Å². The van der Waals surface area contributed by atoms with Crippen molar-refractivity contribution in [1.29, 1.82) is 0 Å². The van der Waals surface area contributed by atoms with Gasteiger partial charge >= 0.3 is 0 Å². The first kappa shape index (κ1) is 17.0. The van der Waals surface area contributed by atoms with Gasteiger partial charge in [0.1, 0.15) is 5.38 Å². The molecule has 0 spiro atoms. The molecule has 0 saturated heterocycles. The van der Waals surface area contributed by atoms with Gasteiger partial charge in [-0.3, -0.25) is 9.69 Å². The molecule has 0 bridgehead atoms. The van der Waals surface area contributed by atoms with Crippen molar-refractivity contribution in [3.05, 3.63) is 35.9 Å². The standard InChI is InChI=1S/C15H23ClN2O2/c1-3-18(9-10-19)12(2)11-17-15(20)14(16)13-7-5-4-6-8-13/h4-8,12,14,19H,3,9-11H2,1-2H3,(H,17,20). The number of nitrogens with zero attached hydrogens (tertiary/aromatic N) is 1. The highest BCUT2D eigenvalue weighted by Gasteiger charge is 2.19. The molecule has 4 nitrogen and oxygen atoms in total. The van der Waals surface area contributed by atoms with Crippen molar-refractivity contribution >= 4 is 17.5 Å². The second-order valence-corrected chi connectivity index (χ2v) is 5.16. The van der Waals surface area contributed by atoms with Gasteiger partial charge in [-0.05, 0) is 19.0 Å². The Morgan fingerprint density at radius 3 is 2.60 bits per heavy atom. The highest BCUT2D eigenvalue weighted by Crippen LogP contribution is 2.19. The summed E-state index contributed by atoms with van der Waals surface area (Å²) in [6, 6.07) is 9.45. The lowest BCUT2D eigenvalue weighted by Crippen LogP contribution is -2.43.